The van der Waals surface area contributed by atoms with Gasteiger partial charge in [-0.2, -0.15) is 0 Å². The van der Waals surface area contributed by atoms with E-state index in [1.54, 1.807) is 18.2 Å². The normalized spacial score (nSPS) is 13.2. The minimum Gasteiger partial charge on any atom is -0.507 e. The molecule has 3 N–H and O–H groups in total. The van der Waals surface area contributed by atoms with Crippen molar-refractivity contribution in [2.45, 2.75) is 19.1 Å². The highest BCUT2D eigenvalue weighted by atomic mass is 31.2. The fourth-order valence-corrected chi connectivity index (χ4v) is 1.11. The van der Waals surface area contributed by atoms with Crippen LogP contribution in [0.15, 0.2) is 29.3 Å². The Kier molecular flexibility index (Phi) is 3.53. The first kappa shape index (κ1) is 12.9. The van der Waals surface area contributed by atoms with Crippen LogP contribution in [0, 0.1) is 0 Å². The Bertz CT molecular complexity index is 450. The Morgan fingerprint density at radius 1 is 1.31 bits per heavy atom. The minimum absolute atomic E-state index is 0.0211. The van der Waals surface area contributed by atoms with Crippen molar-refractivity contribution in [1.82, 2.24) is 0 Å². The Labute approximate surface area is 93.6 Å². The summed E-state index contributed by atoms with van der Waals surface area (Å²) < 4.78 is 11.1. The first-order valence-corrected chi connectivity index (χ1v) is 6.24. The van der Waals surface area contributed by atoms with E-state index < -0.39 is 12.9 Å². The number of hydrogen-bond donors (Lipinski definition) is 3. The Balaban J connectivity index is 2.99. The van der Waals surface area contributed by atoms with Crippen LogP contribution >= 0.6 is 7.60 Å². The maximum Gasteiger partial charge on any atom is 0.352 e. The second-order valence-corrected chi connectivity index (χ2v) is 6.04. The number of rotatable bonds is 3. The van der Waals surface area contributed by atoms with Gasteiger partial charge in [0.15, 0.2) is 5.28 Å². The number of hydrogen-bond acceptors (Lipinski definition) is 3. The summed E-state index contributed by atoms with van der Waals surface area (Å²) in [5.74, 6) is 0.0211. The third-order valence-corrected chi connectivity index (χ3v) is 3.71. The summed E-state index contributed by atoms with van der Waals surface area (Å²) in [6.07, 6.45) is 1.26. The molecule has 6 heteroatoms. The summed E-state index contributed by atoms with van der Waals surface area (Å²) in [5.41, 5.74) is 0.420. The maximum absolute atomic E-state index is 11.1. The first-order valence-electron chi connectivity index (χ1n) is 4.63. The zero-order valence-electron chi connectivity index (χ0n) is 9.03. The number of para-hydroxylation sites is 1. The van der Waals surface area contributed by atoms with Crippen molar-refractivity contribution < 1.29 is 19.5 Å². The molecule has 0 unspecified atom stereocenters. The van der Waals surface area contributed by atoms with E-state index in [0.717, 1.165) is 0 Å². The molecule has 1 aromatic carbocycles. The number of nitrogens with zero attached hydrogens (tertiary/aromatic N) is 1. The Morgan fingerprint density at radius 2 is 1.88 bits per heavy atom. The van der Waals surface area contributed by atoms with Crippen LogP contribution in [0.4, 0.5) is 0 Å². The van der Waals surface area contributed by atoms with Crippen LogP contribution in [0.25, 0.3) is 0 Å². The van der Waals surface area contributed by atoms with Gasteiger partial charge >= 0.3 is 7.60 Å². The molecule has 5 nitrogen and oxygen atoms in total. The molecule has 0 heterocycles. The lowest BCUT2D eigenvalue weighted by Crippen LogP contribution is -2.16. The average Bonchev–Trinajstić information content (AvgIpc) is 2.15. The fraction of sp³-hybridized carbons (Fsp3) is 0.300. The van der Waals surface area contributed by atoms with Crippen LogP contribution in [-0.4, -0.2) is 26.4 Å². The van der Waals surface area contributed by atoms with Gasteiger partial charge in [-0.15, -0.1) is 0 Å². The molecule has 16 heavy (non-hydrogen) atoms. The highest BCUT2D eigenvalue weighted by Gasteiger charge is 2.36. The second kappa shape index (κ2) is 4.37. The molecule has 0 aromatic heterocycles. The van der Waals surface area contributed by atoms with Gasteiger partial charge in [0, 0.05) is 11.8 Å². The SMILES string of the molecule is CC(C)(/N=C/c1ccccc1O)P(=O)(O)O. The highest BCUT2D eigenvalue weighted by molar-refractivity contribution is 7.53. The van der Waals surface area contributed by atoms with E-state index in [4.69, 9.17) is 9.79 Å². The van der Waals surface area contributed by atoms with Gasteiger partial charge in [-0.3, -0.25) is 9.56 Å². The minimum atomic E-state index is -4.30. The van der Waals surface area contributed by atoms with E-state index >= 15 is 0 Å². The lowest BCUT2D eigenvalue weighted by molar-refractivity contribution is 0.339. The van der Waals surface area contributed by atoms with E-state index in [1.807, 2.05) is 0 Å². The molecule has 0 radical (unpaired) electrons. The third kappa shape index (κ3) is 2.92. The van der Waals surface area contributed by atoms with Crippen LogP contribution in [0.1, 0.15) is 19.4 Å². The number of aliphatic imine (C=N–C) groups is 1. The lowest BCUT2D eigenvalue weighted by Gasteiger charge is -2.20. The van der Waals surface area contributed by atoms with Crippen molar-refractivity contribution in [3.05, 3.63) is 29.8 Å². The van der Waals surface area contributed by atoms with Gasteiger partial charge in [0.2, 0.25) is 0 Å². The van der Waals surface area contributed by atoms with Crippen molar-refractivity contribution >= 4 is 13.8 Å². The molecule has 0 bridgehead atoms. The summed E-state index contributed by atoms with van der Waals surface area (Å²) in [4.78, 5) is 21.9. The molecule has 0 aliphatic heterocycles. The van der Waals surface area contributed by atoms with E-state index in [1.165, 1.54) is 26.1 Å². The van der Waals surface area contributed by atoms with Crippen LogP contribution in [0.2, 0.25) is 0 Å². The topological polar surface area (TPSA) is 90.1 Å². The smallest absolute Gasteiger partial charge is 0.352 e. The van der Waals surface area contributed by atoms with E-state index in [0.29, 0.717) is 5.56 Å². The molecular weight excluding hydrogens is 229 g/mol. The monoisotopic (exact) mass is 243 g/mol. The van der Waals surface area contributed by atoms with E-state index in [2.05, 4.69) is 4.99 Å². The fourth-order valence-electron chi connectivity index (χ4n) is 0.899. The van der Waals surface area contributed by atoms with E-state index in [9.17, 15) is 9.67 Å². The van der Waals surface area contributed by atoms with Gasteiger partial charge in [0.05, 0.1) is 0 Å². The largest absolute Gasteiger partial charge is 0.507 e. The van der Waals surface area contributed by atoms with Crippen molar-refractivity contribution in [2.24, 2.45) is 4.99 Å². The third-order valence-electron chi connectivity index (χ3n) is 2.17. The van der Waals surface area contributed by atoms with Crippen molar-refractivity contribution in [3.63, 3.8) is 0 Å². The highest BCUT2D eigenvalue weighted by Crippen LogP contribution is 2.50. The molecule has 0 atom stereocenters. The molecular formula is C10H14NO4P. The van der Waals surface area contributed by atoms with Gasteiger partial charge in [-0.05, 0) is 26.0 Å². The van der Waals surface area contributed by atoms with Crippen LogP contribution in [0.5, 0.6) is 5.75 Å². The average molecular weight is 243 g/mol. The summed E-state index contributed by atoms with van der Waals surface area (Å²) in [5, 5.41) is 7.93. The zero-order chi connectivity index (χ0) is 12.4. The quantitative estimate of drug-likeness (QED) is 0.557. The molecule has 0 fully saturated rings. The van der Waals surface area contributed by atoms with Crippen LogP contribution in [-0.2, 0) is 4.57 Å². The van der Waals surface area contributed by atoms with Gasteiger partial charge in [-0.25, -0.2) is 0 Å². The van der Waals surface area contributed by atoms with Gasteiger partial charge in [0.1, 0.15) is 5.75 Å². The Morgan fingerprint density at radius 3 is 2.38 bits per heavy atom. The lowest BCUT2D eigenvalue weighted by atomic mass is 10.2. The second-order valence-electron chi connectivity index (χ2n) is 3.86. The molecule has 1 aromatic rings. The van der Waals surface area contributed by atoms with Gasteiger partial charge in [-0.1, -0.05) is 12.1 Å². The van der Waals surface area contributed by atoms with Crippen molar-refractivity contribution in [3.8, 4) is 5.75 Å². The first-order chi connectivity index (χ1) is 7.24. The molecule has 1 rings (SSSR count). The van der Waals surface area contributed by atoms with Crippen molar-refractivity contribution in [2.75, 3.05) is 0 Å². The molecule has 0 amide bonds. The molecule has 0 saturated carbocycles. The maximum atomic E-state index is 11.1. The molecule has 0 aliphatic rings. The molecule has 0 saturated heterocycles. The van der Waals surface area contributed by atoms with E-state index in [-0.39, 0.29) is 5.75 Å². The number of benzene rings is 1. The zero-order valence-corrected chi connectivity index (χ0v) is 9.93. The van der Waals surface area contributed by atoms with Gasteiger partial charge in [0.25, 0.3) is 0 Å². The van der Waals surface area contributed by atoms with Crippen LogP contribution in [0.3, 0.4) is 0 Å². The number of phenols is 1. The number of aromatic hydroxyl groups is 1. The Hall–Kier alpha value is -1.16. The van der Waals surface area contributed by atoms with Crippen LogP contribution < -0.4 is 0 Å². The van der Waals surface area contributed by atoms with Gasteiger partial charge < -0.3 is 14.9 Å². The van der Waals surface area contributed by atoms with Crippen molar-refractivity contribution in [1.29, 1.82) is 0 Å². The molecule has 0 aliphatic carbocycles. The summed E-state index contributed by atoms with van der Waals surface area (Å²) >= 11 is 0. The number of phenolic OH excluding ortho intramolecular Hbond substituents is 1. The standard InChI is InChI=1S/C10H14NO4P/c1-10(2,16(13,14)15)11-7-8-5-3-4-6-9(8)12/h3-7,12H,1-2H3,(H2,13,14,15)/b11-7+. The molecule has 0 spiro atoms. The summed E-state index contributed by atoms with van der Waals surface area (Å²) in [7, 11) is -4.30. The summed E-state index contributed by atoms with van der Waals surface area (Å²) in [6.45, 7) is 2.68. The molecule has 88 valence electrons. The predicted molar refractivity (Wildman–Crippen MR) is 61.8 cm³/mol. The summed E-state index contributed by atoms with van der Waals surface area (Å²) in [6, 6.07) is 6.44. The predicted octanol–water partition coefficient (Wildman–Crippen LogP) is 1.72.